The Labute approximate surface area is 97.9 Å². The van der Waals surface area contributed by atoms with Crippen molar-refractivity contribution >= 4 is 11.5 Å². The smallest absolute Gasteiger partial charge is 0.126 e. The average molecular weight is 222 g/mol. The molecule has 0 atom stereocenters. The monoisotopic (exact) mass is 222 g/mol. The van der Waals surface area contributed by atoms with Gasteiger partial charge in [0, 0.05) is 12.1 Å². The normalized spacial score (nSPS) is 11.9. The molecule has 1 aromatic rings. The van der Waals surface area contributed by atoms with Crippen molar-refractivity contribution in [3.05, 3.63) is 17.8 Å². The first-order valence-corrected chi connectivity index (χ1v) is 5.47. The number of hydrogen-bond donors (Lipinski definition) is 2. The van der Waals surface area contributed by atoms with Crippen LogP contribution in [0.25, 0.3) is 0 Å². The summed E-state index contributed by atoms with van der Waals surface area (Å²) in [6, 6.07) is 3.79. The highest BCUT2D eigenvalue weighted by molar-refractivity contribution is 5.49. The third-order valence-corrected chi connectivity index (χ3v) is 3.04. The average Bonchev–Trinajstić information content (AvgIpc) is 2.20. The van der Waals surface area contributed by atoms with E-state index < -0.39 is 0 Å². The Hall–Kier alpha value is -1.29. The molecule has 4 heteroatoms. The topological polar surface area (TPSA) is 54.2 Å². The minimum absolute atomic E-state index is 0.0942. The van der Waals surface area contributed by atoms with Crippen molar-refractivity contribution in [3.8, 4) is 0 Å². The summed E-state index contributed by atoms with van der Waals surface area (Å²) < 4.78 is 0. The Bertz CT molecular complexity index is 358. The summed E-state index contributed by atoms with van der Waals surface area (Å²) in [5, 5.41) is 3.33. The van der Waals surface area contributed by atoms with Crippen LogP contribution in [0.2, 0.25) is 0 Å². The molecule has 4 nitrogen and oxygen atoms in total. The molecule has 0 unspecified atom stereocenters. The number of nitrogens with one attached hydrogen (secondary N) is 1. The molecule has 0 saturated carbocycles. The van der Waals surface area contributed by atoms with Crippen LogP contribution in [0.1, 0.15) is 19.5 Å². The Balaban J connectivity index is 2.65. The number of likely N-dealkylation sites (N-methyl/N-ethyl adjacent to an activating group) is 1. The van der Waals surface area contributed by atoms with Crippen LogP contribution in [-0.4, -0.2) is 36.1 Å². The van der Waals surface area contributed by atoms with Gasteiger partial charge in [-0.1, -0.05) is 0 Å². The van der Waals surface area contributed by atoms with Gasteiger partial charge in [-0.05, 0) is 47.0 Å². The molecule has 0 aliphatic carbocycles. The summed E-state index contributed by atoms with van der Waals surface area (Å²) in [7, 11) is 4.15. The van der Waals surface area contributed by atoms with E-state index in [2.05, 4.69) is 43.1 Å². The molecule has 0 bridgehead atoms. The number of nitrogen functional groups attached to an aromatic ring is 1. The first-order chi connectivity index (χ1) is 7.33. The molecule has 1 aromatic heterocycles. The minimum atomic E-state index is 0.0942. The van der Waals surface area contributed by atoms with Crippen LogP contribution in [-0.2, 0) is 0 Å². The van der Waals surface area contributed by atoms with E-state index in [1.54, 1.807) is 0 Å². The lowest BCUT2D eigenvalue weighted by Crippen LogP contribution is -2.44. The molecule has 0 spiro atoms. The third-order valence-electron chi connectivity index (χ3n) is 3.04. The number of hydrogen-bond acceptors (Lipinski definition) is 4. The van der Waals surface area contributed by atoms with Gasteiger partial charge in [0.15, 0.2) is 0 Å². The van der Waals surface area contributed by atoms with Gasteiger partial charge in [0.1, 0.15) is 5.82 Å². The first-order valence-electron chi connectivity index (χ1n) is 5.47. The number of anilines is 2. The van der Waals surface area contributed by atoms with Gasteiger partial charge in [-0.3, -0.25) is 0 Å². The molecule has 90 valence electrons. The Morgan fingerprint density at radius 1 is 1.38 bits per heavy atom. The molecule has 0 saturated heterocycles. The van der Waals surface area contributed by atoms with E-state index in [0.29, 0.717) is 0 Å². The molecule has 1 rings (SSSR count). The van der Waals surface area contributed by atoms with Gasteiger partial charge in [0.2, 0.25) is 0 Å². The van der Waals surface area contributed by atoms with Crippen molar-refractivity contribution in [1.29, 1.82) is 0 Å². The first kappa shape index (κ1) is 12.8. The molecule has 1 heterocycles. The largest absolute Gasteiger partial charge is 0.397 e. The fraction of sp³-hybridized carbons (Fsp3) is 0.583. The van der Waals surface area contributed by atoms with Crippen molar-refractivity contribution in [2.24, 2.45) is 0 Å². The van der Waals surface area contributed by atoms with E-state index in [0.717, 1.165) is 23.7 Å². The van der Waals surface area contributed by atoms with Crippen molar-refractivity contribution < 1.29 is 0 Å². The molecule has 0 fully saturated rings. The van der Waals surface area contributed by atoms with E-state index in [1.165, 1.54) is 0 Å². The lowest BCUT2D eigenvalue weighted by atomic mass is 10.0. The summed E-state index contributed by atoms with van der Waals surface area (Å²) in [6.45, 7) is 7.13. The molecule has 0 aliphatic rings. The fourth-order valence-corrected chi connectivity index (χ4v) is 1.14. The highest BCUT2D eigenvalue weighted by atomic mass is 15.2. The molecule has 0 aliphatic heterocycles. The minimum Gasteiger partial charge on any atom is -0.397 e. The van der Waals surface area contributed by atoms with Crippen LogP contribution in [0.5, 0.6) is 0 Å². The zero-order valence-electron chi connectivity index (χ0n) is 10.8. The van der Waals surface area contributed by atoms with Crippen LogP contribution >= 0.6 is 0 Å². The highest BCUT2D eigenvalue weighted by Crippen LogP contribution is 2.14. The summed E-state index contributed by atoms with van der Waals surface area (Å²) in [5.74, 6) is 0.877. The van der Waals surface area contributed by atoms with E-state index in [1.807, 2.05) is 19.1 Å². The molecule has 0 aromatic carbocycles. The van der Waals surface area contributed by atoms with Gasteiger partial charge in [-0.2, -0.15) is 0 Å². The van der Waals surface area contributed by atoms with Crippen molar-refractivity contribution in [2.45, 2.75) is 26.3 Å². The molecular formula is C12H22N4. The Morgan fingerprint density at radius 3 is 2.50 bits per heavy atom. The van der Waals surface area contributed by atoms with Crippen LogP contribution in [0, 0.1) is 6.92 Å². The lowest BCUT2D eigenvalue weighted by Gasteiger charge is -2.32. The summed E-state index contributed by atoms with van der Waals surface area (Å²) in [5.41, 5.74) is 7.42. The second-order valence-corrected chi connectivity index (χ2v) is 4.93. The van der Waals surface area contributed by atoms with Crippen LogP contribution < -0.4 is 11.1 Å². The second kappa shape index (κ2) is 4.70. The molecule has 0 radical (unpaired) electrons. The number of aromatic nitrogens is 1. The van der Waals surface area contributed by atoms with Gasteiger partial charge in [0.25, 0.3) is 0 Å². The Kier molecular flexibility index (Phi) is 3.75. The standard InChI is InChI=1S/C12H22N4/c1-9-10(13)6-7-11(15-9)14-8-12(2,3)16(4)5/h6-7H,8,13H2,1-5H3,(H,14,15). The second-order valence-electron chi connectivity index (χ2n) is 4.93. The molecule has 3 N–H and O–H groups in total. The van der Waals surface area contributed by atoms with Crippen LogP contribution in [0.4, 0.5) is 11.5 Å². The fourth-order valence-electron chi connectivity index (χ4n) is 1.14. The maximum Gasteiger partial charge on any atom is 0.126 e. The zero-order valence-corrected chi connectivity index (χ0v) is 10.8. The zero-order chi connectivity index (χ0) is 12.3. The van der Waals surface area contributed by atoms with Gasteiger partial charge < -0.3 is 16.0 Å². The summed E-state index contributed by atoms with van der Waals surface area (Å²) in [4.78, 5) is 6.57. The number of pyridine rings is 1. The highest BCUT2D eigenvalue weighted by Gasteiger charge is 2.19. The van der Waals surface area contributed by atoms with Gasteiger partial charge >= 0.3 is 0 Å². The predicted molar refractivity (Wildman–Crippen MR) is 69.6 cm³/mol. The van der Waals surface area contributed by atoms with Gasteiger partial charge in [-0.25, -0.2) is 4.98 Å². The number of rotatable bonds is 4. The molecule has 16 heavy (non-hydrogen) atoms. The summed E-state index contributed by atoms with van der Waals surface area (Å²) >= 11 is 0. The lowest BCUT2D eigenvalue weighted by molar-refractivity contribution is 0.210. The maximum atomic E-state index is 5.72. The number of nitrogens with two attached hydrogens (primary N) is 1. The third kappa shape index (κ3) is 3.10. The van der Waals surface area contributed by atoms with E-state index >= 15 is 0 Å². The van der Waals surface area contributed by atoms with E-state index in [9.17, 15) is 0 Å². The van der Waals surface area contributed by atoms with Gasteiger partial charge in [0.05, 0.1) is 11.4 Å². The van der Waals surface area contributed by atoms with Crippen molar-refractivity contribution in [1.82, 2.24) is 9.88 Å². The van der Waals surface area contributed by atoms with Gasteiger partial charge in [-0.15, -0.1) is 0 Å². The number of nitrogens with zero attached hydrogens (tertiary/aromatic N) is 2. The molecular weight excluding hydrogens is 200 g/mol. The predicted octanol–water partition coefficient (Wildman–Crippen LogP) is 1.72. The molecule has 0 amide bonds. The Morgan fingerprint density at radius 2 is 2.00 bits per heavy atom. The maximum absolute atomic E-state index is 5.72. The van der Waals surface area contributed by atoms with Crippen molar-refractivity contribution in [3.63, 3.8) is 0 Å². The van der Waals surface area contributed by atoms with Crippen LogP contribution in [0.3, 0.4) is 0 Å². The van der Waals surface area contributed by atoms with E-state index in [-0.39, 0.29) is 5.54 Å². The van der Waals surface area contributed by atoms with E-state index in [4.69, 9.17) is 5.73 Å². The summed E-state index contributed by atoms with van der Waals surface area (Å²) in [6.07, 6.45) is 0. The SMILES string of the molecule is Cc1nc(NCC(C)(C)N(C)C)ccc1N. The van der Waals surface area contributed by atoms with Crippen molar-refractivity contribution in [2.75, 3.05) is 31.7 Å². The van der Waals surface area contributed by atoms with Crippen LogP contribution in [0.15, 0.2) is 12.1 Å². The number of aryl methyl sites for hydroxylation is 1. The quantitative estimate of drug-likeness (QED) is 0.814.